The van der Waals surface area contributed by atoms with E-state index < -0.39 is 5.41 Å². The van der Waals surface area contributed by atoms with Crippen molar-refractivity contribution in [3.63, 3.8) is 0 Å². The van der Waals surface area contributed by atoms with Gasteiger partial charge in [0.25, 0.3) is 0 Å². The number of carbonyl (C=O) groups excluding carboxylic acids is 2. The standard InChI is InChI=1S/C23H29N3O2/c1-4-26(5-2)20-13-11-19(12-14-20)24-21(27)23(15-16-23)22(28)25(3)17-18-9-7-6-8-10-18/h6-14H,4-5,15-17H2,1-3H3,(H,24,27). The monoisotopic (exact) mass is 379 g/mol. The van der Waals surface area contributed by atoms with Crippen LogP contribution < -0.4 is 10.2 Å². The minimum atomic E-state index is -0.916. The van der Waals surface area contributed by atoms with Crippen molar-refractivity contribution in [3.8, 4) is 0 Å². The molecule has 2 amide bonds. The molecule has 0 unspecified atom stereocenters. The molecular weight excluding hydrogens is 350 g/mol. The van der Waals surface area contributed by atoms with Gasteiger partial charge in [-0.2, -0.15) is 0 Å². The van der Waals surface area contributed by atoms with E-state index in [2.05, 4.69) is 24.1 Å². The second kappa shape index (κ2) is 8.46. The number of hydrogen-bond acceptors (Lipinski definition) is 3. The third-order valence-corrected chi connectivity index (χ3v) is 5.46. The van der Waals surface area contributed by atoms with Crippen molar-refractivity contribution < 1.29 is 9.59 Å². The molecule has 1 aliphatic carbocycles. The van der Waals surface area contributed by atoms with Gasteiger partial charge in [-0.3, -0.25) is 9.59 Å². The highest BCUT2D eigenvalue weighted by Gasteiger charge is 2.57. The van der Waals surface area contributed by atoms with Crippen molar-refractivity contribution in [2.45, 2.75) is 33.2 Å². The fourth-order valence-electron chi connectivity index (χ4n) is 3.55. The van der Waals surface area contributed by atoms with Crippen LogP contribution in [0.15, 0.2) is 54.6 Å². The molecule has 1 N–H and O–H groups in total. The highest BCUT2D eigenvalue weighted by atomic mass is 16.2. The summed E-state index contributed by atoms with van der Waals surface area (Å²) in [7, 11) is 1.77. The second-order valence-electron chi connectivity index (χ2n) is 7.40. The zero-order chi connectivity index (χ0) is 20.1. The smallest absolute Gasteiger partial charge is 0.240 e. The van der Waals surface area contributed by atoms with Crippen LogP contribution in [0.1, 0.15) is 32.3 Å². The third kappa shape index (κ3) is 4.19. The SMILES string of the molecule is CCN(CC)c1ccc(NC(=O)C2(C(=O)N(C)Cc3ccccc3)CC2)cc1. The van der Waals surface area contributed by atoms with Crippen molar-refractivity contribution in [1.29, 1.82) is 0 Å². The maximum atomic E-state index is 12.9. The van der Waals surface area contributed by atoms with Crippen molar-refractivity contribution in [2.24, 2.45) is 5.41 Å². The molecule has 0 aliphatic heterocycles. The Labute approximate surface area is 167 Å². The van der Waals surface area contributed by atoms with Gasteiger partial charge in [-0.15, -0.1) is 0 Å². The Morgan fingerprint density at radius 2 is 1.57 bits per heavy atom. The second-order valence-corrected chi connectivity index (χ2v) is 7.40. The van der Waals surface area contributed by atoms with Crippen LogP contribution in [0, 0.1) is 5.41 Å². The molecule has 1 aliphatic rings. The topological polar surface area (TPSA) is 52.7 Å². The zero-order valence-electron chi connectivity index (χ0n) is 16.9. The van der Waals surface area contributed by atoms with Gasteiger partial charge in [0.05, 0.1) is 0 Å². The van der Waals surface area contributed by atoms with Crippen LogP contribution in [0.25, 0.3) is 0 Å². The zero-order valence-corrected chi connectivity index (χ0v) is 16.9. The lowest BCUT2D eigenvalue weighted by atomic mass is 10.0. The molecule has 3 rings (SSSR count). The van der Waals surface area contributed by atoms with Gasteiger partial charge in [-0.25, -0.2) is 0 Å². The highest BCUT2D eigenvalue weighted by molar-refractivity contribution is 6.13. The molecule has 1 fully saturated rings. The van der Waals surface area contributed by atoms with Gasteiger partial charge in [0.2, 0.25) is 11.8 Å². The molecule has 0 heterocycles. The summed E-state index contributed by atoms with van der Waals surface area (Å²) in [6.07, 6.45) is 1.21. The van der Waals surface area contributed by atoms with Crippen molar-refractivity contribution in [2.75, 3.05) is 30.4 Å². The molecule has 2 aromatic rings. The average Bonchev–Trinajstić information content (AvgIpc) is 3.52. The summed E-state index contributed by atoms with van der Waals surface area (Å²) < 4.78 is 0. The van der Waals surface area contributed by atoms with Crippen molar-refractivity contribution in [3.05, 3.63) is 60.2 Å². The molecule has 148 valence electrons. The predicted octanol–water partition coefficient (Wildman–Crippen LogP) is 3.91. The van der Waals surface area contributed by atoms with Gasteiger partial charge in [0, 0.05) is 38.1 Å². The summed E-state index contributed by atoms with van der Waals surface area (Å²) in [5.41, 5.74) is 2.00. The first-order valence-corrected chi connectivity index (χ1v) is 9.96. The number of rotatable bonds is 8. The van der Waals surface area contributed by atoms with Gasteiger partial charge in [0.1, 0.15) is 5.41 Å². The number of nitrogens with zero attached hydrogens (tertiary/aromatic N) is 2. The van der Waals surface area contributed by atoms with Gasteiger partial charge < -0.3 is 15.1 Å². The summed E-state index contributed by atoms with van der Waals surface area (Å²) in [4.78, 5) is 29.7. The van der Waals surface area contributed by atoms with Gasteiger partial charge in [0.15, 0.2) is 0 Å². The lowest BCUT2D eigenvalue weighted by Crippen LogP contribution is -2.40. The van der Waals surface area contributed by atoms with E-state index in [1.54, 1.807) is 11.9 Å². The van der Waals surface area contributed by atoms with Crippen molar-refractivity contribution >= 4 is 23.2 Å². The normalized spacial score (nSPS) is 14.2. The van der Waals surface area contributed by atoms with Crippen LogP contribution >= 0.6 is 0 Å². The van der Waals surface area contributed by atoms with Gasteiger partial charge >= 0.3 is 0 Å². The Kier molecular flexibility index (Phi) is 6.02. The van der Waals surface area contributed by atoms with Crippen LogP contribution in [0.3, 0.4) is 0 Å². The highest BCUT2D eigenvalue weighted by Crippen LogP contribution is 2.48. The summed E-state index contributed by atoms with van der Waals surface area (Å²) in [6.45, 7) is 6.62. The van der Waals surface area contributed by atoms with E-state index in [4.69, 9.17) is 0 Å². The lowest BCUT2D eigenvalue weighted by Gasteiger charge is -2.24. The first-order valence-electron chi connectivity index (χ1n) is 9.96. The van der Waals surface area contributed by atoms with Crippen molar-refractivity contribution in [1.82, 2.24) is 4.90 Å². The maximum absolute atomic E-state index is 12.9. The first-order chi connectivity index (χ1) is 13.5. The van der Waals surface area contributed by atoms with E-state index in [9.17, 15) is 9.59 Å². The number of nitrogens with one attached hydrogen (secondary N) is 1. The fraction of sp³-hybridized carbons (Fsp3) is 0.391. The molecule has 5 heteroatoms. The molecule has 0 radical (unpaired) electrons. The quantitative estimate of drug-likeness (QED) is 0.708. The Morgan fingerprint density at radius 1 is 0.964 bits per heavy atom. The molecule has 5 nitrogen and oxygen atoms in total. The molecule has 0 aromatic heterocycles. The summed E-state index contributed by atoms with van der Waals surface area (Å²) in [6, 6.07) is 17.6. The van der Waals surface area contributed by atoms with Crippen LogP contribution in [0.2, 0.25) is 0 Å². The van der Waals surface area contributed by atoms with Crippen LogP contribution in [0.5, 0.6) is 0 Å². The maximum Gasteiger partial charge on any atom is 0.240 e. The summed E-state index contributed by atoms with van der Waals surface area (Å²) in [5.74, 6) is -0.304. The van der Waals surface area contributed by atoms with Gasteiger partial charge in [-0.1, -0.05) is 30.3 Å². The van der Waals surface area contributed by atoms with E-state index in [1.807, 2.05) is 54.6 Å². The Hall–Kier alpha value is -2.82. The minimum Gasteiger partial charge on any atom is -0.372 e. The molecule has 28 heavy (non-hydrogen) atoms. The Balaban J connectivity index is 1.64. The number of carbonyl (C=O) groups is 2. The number of hydrogen-bond donors (Lipinski definition) is 1. The van der Waals surface area contributed by atoms with Crippen LogP contribution in [0.4, 0.5) is 11.4 Å². The van der Waals surface area contributed by atoms with E-state index in [0.717, 1.165) is 30.0 Å². The molecular formula is C23H29N3O2. The first kappa shape index (κ1) is 19.9. The minimum absolute atomic E-state index is 0.103. The van der Waals surface area contributed by atoms with Gasteiger partial charge in [-0.05, 0) is 56.5 Å². The van der Waals surface area contributed by atoms with E-state index >= 15 is 0 Å². The fourth-order valence-corrected chi connectivity index (χ4v) is 3.55. The summed E-state index contributed by atoms with van der Waals surface area (Å²) >= 11 is 0. The Bertz CT molecular complexity index is 810. The molecule has 2 aromatic carbocycles. The number of benzene rings is 2. The number of amides is 2. The van der Waals surface area contributed by atoms with E-state index in [-0.39, 0.29) is 11.8 Å². The molecule has 0 spiro atoms. The summed E-state index contributed by atoms with van der Waals surface area (Å²) in [5, 5.41) is 2.94. The predicted molar refractivity (Wildman–Crippen MR) is 113 cm³/mol. The average molecular weight is 380 g/mol. The van der Waals surface area contributed by atoms with Crippen LogP contribution in [-0.4, -0.2) is 36.9 Å². The lowest BCUT2D eigenvalue weighted by molar-refractivity contribution is -0.141. The largest absolute Gasteiger partial charge is 0.372 e. The van der Waals surface area contributed by atoms with Crippen LogP contribution in [-0.2, 0) is 16.1 Å². The van der Waals surface area contributed by atoms with E-state index in [1.165, 1.54) is 0 Å². The Morgan fingerprint density at radius 3 is 2.11 bits per heavy atom. The number of anilines is 2. The molecule has 0 bridgehead atoms. The molecule has 0 saturated heterocycles. The third-order valence-electron chi connectivity index (χ3n) is 5.46. The van der Waals surface area contributed by atoms with E-state index in [0.29, 0.717) is 19.4 Å². The molecule has 0 atom stereocenters. The molecule has 1 saturated carbocycles.